The zero-order valence-electron chi connectivity index (χ0n) is 10.2. The molecule has 17 heavy (non-hydrogen) atoms. The van der Waals surface area contributed by atoms with E-state index in [0.29, 0.717) is 32.6 Å². The molecule has 1 aliphatic heterocycles. The quantitative estimate of drug-likeness (QED) is 0.723. The second-order valence-electron chi connectivity index (χ2n) is 5.09. The van der Waals surface area contributed by atoms with E-state index in [2.05, 4.69) is 11.4 Å². The van der Waals surface area contributed by atoms with Crippen LogP contribution in [0.4, 0.5) is 0 Å². The molecule has 0 radical (unpaired) electrons. The molecule has 0 aromatic rings. The van der Waals surface area contributed by atoms with E-state index >= 15 is 0 Å². The van der Waals surface area contributed by atoms with Crippen LogP contribution in [0.1, 0.15) is 38.5 Å². The fraction of sp³-hybridized carbons (Fsp3) is 0.769. The Balaban J connectivity index is 1.71. The zero-order valence-corrected chi connectivity index (χ0v) is 10.2. The summed E-state index contributed by atoms with van der Waals surface area (Å²) in [6.07, 6.45) is 7.84. The van der Waals surface area contributed by atoms with Crippen molar-refractivity contribution in [3.8, 4) is 0 Å². The van der Waals surface area contributed by atoms with Crippen LogP contribution in [0.25, 0.3) is 0 Å². The largest absolute Gasteiger partial charge is 0.386 e. The topological polar surface area (TPSA) is 58.6 Å². The van der Waals surface area contributed by atoms with Crippen LogP contribution >= 0.6 is 0 Å². The van der Waals surface area contributed by atoms with Gasteiger partial charge >= 0.3 is 0 Å². The highest BCUT2D eigenvalue weighted by atomic mass is 16.5. The predicted molar refractivity (Wildman–Crippen MR) is 64.6 cm³/mol. The van der Waals surface area contributed by atoms with E-state index < -0.39 is 5.60 Å². The molecule has 4 nitrogen and oxygen atoms in total. The summed E-state index contributed by atoms with van der Waals surface area (Å²) in [4.78, 5) is 11.7. The number of hydrogen-bond donors (Lipinski definition) is 2. The SMILES string of the molecule is O=C(CC1=CCCCC1)NC[C@]1(O)CCOC1. The van der Waals surface area contributed by atoms with E-state index in [1.54, 1.807) is 0 Å². The number of carbonyl (C=O) groups excluding carboxylic acids is 1. The number of amides is 1. The minimum atomic E-state index is -0.851. The molecule has 2 N–H and O–H groups in total. The molecule has 2 rings (SSSR count). The number of ether oxygens (including phenoxy) is 1. The van der Waals surface area contributed by atoms with Gasteiger partial charge in [0.05, 0.1) is 6.61 Å². The van der Waals surface area contributed by atoms with Gasteiger partial charge in [0.2, 0.25) is 5.91 Å². The van der Waals surface area contributed by atoms with Crippen LogP contribution < -0.4 is 5.32 Å². The minimum absolute atomic E-state index is 0.0125. The Morgan fingerprint density at radius 3 is 3.06 bits per heavy atom. The van der Waals surface area contributed by atoms with Gasteiger partial charge in [0.1, 0.15) is 5.60 Å². The number of rotatable bonds is 4. The molecule has 2 aliphatic rings. The standard InChI is InChI=1S/C13H21NO3/c15-12(8-11-4-2-1-3-5-11)14-9-13(16)6-7-17-10-13/h4,16H,1-3,5-10H2,(H,14,15)/t13-/m1/s1. The normalized spacial score (nSPS) is 28.9. The maximum Gasteiger partial charge on any atom is 0.224 e. The van der Waals surface area contributed by atoms with Gasteiger partial charge in [-0.05, 0) is 25.7 Å². The first-order valence-electron chi connectivity index (χ1n) is 6.43. The molecule has 1 fully saturated rings. The van der Waals surface area contributed by atoms with E-state index in [1.165, 1.54) is 18.4 Å². The van der Waals surface area contributed by atoms with Gasteiger partial charge in [-0.15, -0.1) is 0 Å². The van der Waals surface area contributed by atoms with Gasteiger partial charge in [0.25, 0.3) is 0 Å². The van der Waals surface area contributed by atoms with Gasteiger partial charge < -0.3 is 15.2 Å². The maximum atomic E-state index is 11.7. The van der Waals surface area contributed by atoms with Crippen LogP contribution in [-0.2, 0) is 9.53 Å². The summed E-state index contributed by atoms with van der Waals surface area (Å²) in [7, 11) is 0. The summed E-state index contributed by atoms with van der Waals surface area (Å²) in [5.41, 5.74) is 0.389. The van der Waals surface area contributed by atoms with Crippen LogP contribution in [0.15, 0.2) is 11.6 Å². The summed E-state index contributed by atoms with van der Waals surface area (Å²) >= 11 is 0. The van der Waals surface area contributed by atoms with Crippen LogP contribution in [0.5, 0.6) is 0 Å². The maximum absolute atomic E-state index is 11.7. The predicted octanol–water partition coefficient (Wildman–Crippen LogP) is 1.14. The minimum Gasteiger partial charge on any atom is -0.386 e. The lowest BCUT2D eigenvalue weighted by molar-refractivity contribution is -0.121. The van der Waals surface area contributed by atoms with Gasteiger partial charge in [-0.1, -0.05) is 11.6 Å². The van der Waals surface area contributed by atoms with Gasteiger partial charge in [-0.3, -0.25) is 4.79 Å². The lowest BCUT2D eigenvalue weighted by Gasteiger charge is -2.21. The van der Waals surface area contributed by atoms with Crippen molar-refractivity contribution in [3.63, 3.8) is 0 Å². The first-order chi connectivity index (χ1) is 8.18. The third-order valence-electron chi connectivity index (χ3n) is 3.47. The van der Waals surface area contributed by atoms with Crippen LogP contribution in [0.3, 0.4) is 0 Å². The van der Waals surface area contributed by atoms with Gasteiger partial charge in [0, 0.05) is 26.0 Å². The molecule has 1 saturated heterocycles. The summed E-state index contributed by atoms with van der Waals surface area (Å²) in [6, 6.07) is 0. The Bertz CT molecular complexity index is 306. The highest BCUT2D eigenvalue weighted by Gasteiger charge is 2.32. The lowest BCUT2D eigenvalue weighted by atomic mass is 9.97. The average Bonchev–Trinajstić information content (AvgIpc) is 2.76. The molecular formula is C13H21NO3. The summed E-state index contributed by atoms with van der Waals surface area (Å²) in [5.74, 6) is 0.0125. The molecule has 0 aromatic carbocycles. The van der Waals surface area contributed by atoms with E-state index in [1.807, 2.05) is 0 Å². The average molecular weight is 239 g/mol. The number of aliphatic hydroxyl groups is 1. The van der Waals surface area contributed by atoms with E-state index in [0.717, 1.165) is 12.8 Å². The Morgan fingerprint density at radius 2 is 2.41 bits per heavy atom. The van der Waals surface area contributed by atoms with Crippen molar-refractivity contribution < 1.29 is 14.6 Å². The summed E-state index contributed by atoms with van der Waals surface area (Å²) in [5, 5.41) is 12.8. The van der Waals surface area contributed by atoms with Gasteiger partial charge in [0.15, 0.2) is 0 Å². The monoisotopic (exact) mass is 239 g/mol. The molecule has 0 saturated carbocycles. The molecule has 1 aliphatic carbocycles. The molecule has 1 amide bonds. The van der Waals surface area contributed by atoms with Crippen LogP contribution in [0.2, 0.25) is 0 Å². The Kier molecular flexibility index (Phi) is 4.18. The second-order valence-corrected chi connectivity index (χ2v) is 5.09. The molecule has 0 spiro atoms. The van der Waals surface area contributed by atoms with Crippen molar-refractivity contribution >= 4 is 5.91 Å². The Hall–Kier alpha value is -0.870. The second kappa shape index (κ2) is 5.65. The molecule has 0 unspecified atom stereocenters. The molecular weight excluding hydrogens is 218 g/mol. The highest BCUT2D eigenvalue weighted by molar-refractivity contribution is 5.78. The van der Waals surface area contributed by atoms with Crippen molar-refractivity contribution in [3.05, 3.63) is 11.6 Å². The summed E-state index contributed by atoms with van der Waals surface area (Å²) in [6.45, 7) is 1.21. The van der Waals surface area contributed by atoms with Crippen LogP contribution in [-0.4, -0.2) is 36.4 Å². The van der Waals surface area contributed by atoms with Crippen molar-refractivity contribution in [1.29, 1.82) is 0 Å². The fourth-order valence-corrected chi connectivity index (χ4v) is 2.33. The van der Waals surface area contributed by atoms with Crippen molar-refractivity contribution in [2.24, 2.45) is 0 Å². The zero-order chi connectivity index (χ0) is 12.1. The van der Waals surface area contributed by atoms with Crippen LogP contribution in [0, 0.1) is 0 Å². The number of allylic oxidation sites excluding steroid dienone is 1. The molecule has 0 aromatic heterocycles. The number of nitrogens with one attached hydrogen (secondary N) is 1. The molecule has 4 heteroatoms. The Morgan fingerprint density at radius 1 is 1.53 bits per heavy atom. The number of hydrogen-bond acceptors (Lipinski definition) is 3. The van der Waals surface area contributed by atoms with E-state index in [-0.39, 0.29) is 5.91 Å². The third-order valence-corrected chi connectivity index (χ3v) is 3.47. The molecule has 0 bridgehead atoms. The molecule has 1 atom stereocenters. The first kappa shape index (κ1) is 12.6. The first-order valence-corrected chi connectivity index (χ1v) is 6.43. The third kappa shape index (κ3) is 3.82. The van der Waals surface area contributed by atoms with Crippen molar-refractivity contribution in [2.45, 2.75) is 44.1 Å². The van der Waals surface area contributed by atoms with E-state index in [4.69, 9.17) is 4.74 Å². The lowest BCUT2D eigenvalue weighted by Crippen LogP contribution is -2.43. The highest BCUT2D eigenvalue weighted by Crippen LogP contribution is 2.20. The van der Waals surface area contributed by atoms with Crippen molar-refractivity contribution in [1.82, 2.24) is 5.32 Å². The van der Waals surface area contributed by atoms with Crippen molar-refractivity contribution in [2.75, 3.05) is 19.8 Å². The molecule has 1 heterocycles. The van der Waals surface area contributed by atoms with Gasteiger partial charge in [-0.25, -0.2) is 0 Å². The van der Waals surface area contributed by atoms with E-state index in [9.17, 15) is 9.90 Å². The van der Waals surface area contributed by atoms with Gasteiger partial charge in [-0.2, -0.15) is 0 Å². The fourth-order valence-electron chi connectivity index (χ4n) is 2.33. The smallest absolute Gasteiger partial charge is 0.224 e. The summed E-state index contributed by atoms with van der Waals surface area (Å²) < 4.78 is 5.13. The number of carbonyl (C=O) groups is 1. The molecule has 96 valence electrons. The Labute approximate surface area is 102 Å².